The molecule has 1 aliphatic rings. The number of benzene rings is 1. The fourth-order valence-electron chi connectivity index (χ4n) is 3.00. The molecule has 2 atom stereocenters. The number of carboxylic acids is 1. The fraction of sp³-hybridized carbons (Fsp3) is 0.500. The first kappa shape index (κ1) is 20.1. The first-order chi connectivity index (χ1) is 11.9. The van der Waals surface area contributed by atoms with E-state index < -0.39 is 52.9 Å². The van der Waals surface area contributed by atoms with Gasteiger partial charge in [-0.3, -0.25) is 9.59 Å². The summed E-state index contributed by atoms with van der Waals surface area (Å²) in [4.78, 5) is 23.5. The number of halogens is 6. The molecule has 26 heavy (non-hydrogen) atoms. The molecule has 0 aromatic heterocycles. The summed E-state index contributed by atoms with van der Waals surface area (Å²) in [6.07, 6.45) is -8.50. The number of anilines is 1. The summed E-state index contributed by atoms with van der Waals surface area (Å²) < 4.78 is 77.0. The van der Waals surface area contributed by atoms with E-state index in [1.807, 2.05) is 5.32 Å². The van der Waals surface area contributed by atoms with E-state index in [0.717, 1.165) is 0 Å². The van der Waals surface area contributed by atoms with Gasteiger partial charge in [-0.2, -0.15) is 26.3 Å². The van der Waals surface area contributed by atoms with Crippen LogP contribution in [0.25, 0.3) is 0 Å². The molecule has 0 saturated heterocycles. The Bertz CT molecular complexity index is 666. The van der Waals surface area contributed by atoms with Crippen molar-refractivity contribution in [3.63, 3.8) is 0 Å². The van der Waals surface area contributed by atoms with Gasteiger partial charge in [-0.1, -0.05) is 12.8 Å². The minimum Gasteiger partial charge on any atom is -0.481 e. The molecular weight excluding hydrogens is 368 g/mol. The van der Waals surface area contributed by atoms with E-state index in [1.165, 1.54) is 0 Å². The predicted molar refractivity (Wildman–Crippen MR) is 78.2 cm³/mol. The van der Waals surface area contributed by atoms with Crippen LogP contribution in [0.4, 0.5) is 32.0 Å². The maximum absolute atomic E-state index is 12.8. The zero-order chi connectivity index (χ0) is 19.7. The number of aliphatic carboxylic acids is 1. The van der Waals surface area contributed by atoms with Crippen molar-refractivity contribution in [1.82, 2.24) is 0 Å². The van der Waals surface area contributed by atoms with Crippen LogP contribution in [-0.4, -0.2) is 17.0 Å². The fourth-order valence-corrected chi connectivity index (χ4v) is 3.00. The van der Waals surface area contributed by atoms with Crippen LogP contribution in [0.5, 0.6) is 0 Å². The number of nitrogens with one attached hydrogen (secondary N) is 1. The van der Waals surface area contributed by atoms with Crippen LogP contribution in [0.1, 0.15) is 36.8 Å². The molecule has 0 spiro atoms. The average molecular weight is 383 g/mol. The largest absolute Gasteiger partial charge is 0.481 e. The Morgan fingerprint density at radius 1 is 0.885 bits per heavy atom. The van der Waals surface area contributed by atoms with Gasteiger partial charge in [-0.25, -0.2) is 0 Å². The molecule has 1 aromatic carbocycles. The van der Waals surface area contributed by atoms with E-state index >= 15 is 0 Å². The van der Waals surface area contributed by atoms with E-state index in [1.54, 1.807) is 0 Å². The smallest absolute Gasteiger partial charge is 0.416 e. The van der Waals surface area contributed by atoms with Crippen LogP contribution in [0.2, 0.25) is 0 Å². The van der Waals surface area contributed by atoms with Crippen molar-refractivity contribution < 1.29 is 41.0 Å². The molecule has 1 amide bonds. The number of hydrogen-bond acceptors (Lipinski definition) is 2. The zero-order valence-corrected chi connectivity index (χ0v) is 13.2. The zero-order valence-electron chi connectivity index (χ0n) is 13.2. The molecule has 0 heterocycles. The van der Waals surface area contributed by atoms with Gasteiger partial charge in [0.05, 0.1) is 23.0 Å². The number of carboxylic acid groups (broad SMARTS) is 1. The van der Waals surface area contributed by atoms with Crippen LogP contribution in [0, 0.1) is 11.8 Å². The van der Waals surface area contributed by atoms with Crippen molar-refractivity contribution in [3.8, 4) is 0 Å². The van der Waals surface area contributed by atoms with Crippen LogP contribution >= 0.6 is 0 Å². The summed E-state index contributed by atoms with van der Waals surface area (Å²) in [5.41, 5.74) is -3.78. The molecule has 0 aliphatic heterocycles. The number of alkyl halides is 6. The van der Waals surface area contributed by atoms with Gasteiger partial charge in [-0.05, 0) is 31.0 Å². The van der Waals surface area contributed by atoms with Crippen molar-refractivity contribution in [2.75, 3.05) is 5.32 Å². The Balaban J connectivity index is 2.32. The topological polar surface area (TPSA) is 66.4 Å². The van der Waals surface area contributed by atoms with Gasteiger partial charge >= 0.3 is 18.3 Å². The van der Waals surface area contributed by atoms with E-state index in [-0.39, 0.29) is 18.9 Å². The summed E-state index contributed by atoms with van der Waals surface area (Å²) in [5.74, 6) is -4.14. The monoisotopic (exact) mass is 383 g/mol. The summed E-state index contributed by atoms with van der Waals surface area (Å²) in [5, 5.41) is 11.2. The molecular formula is C16H15F6NO3. The summed E-state index contributed by atoms with van der Waals surface area (Å²) in [7, 11) is 0. The van der Waals surface area contributed by atoms with E-state index in [2.05, 4.69) is 0 Å². The highest BCUT2D eigenvalue weighted by molar-refractivity contribution is 5.95. The van der Waals surface area contributed by atoms with E-state index in [0.29, 0.717) is 25.0 Å². The highest BCUT2D eigenvalue weighted by Crippen LogP contribution is 2.38. The van der Waals surface area contributed by atoms with Crippen LogP contribution in [0.15, 0.2) is 18.2 Å². The molecule has 4 nitrogen and oxygen atoms in total. The first-order valence-electron chi connectivity index (χ1n) is 7.72. The Labute approximate surface area is 144 Å². The summed E-state index contributed by atoms with van der Waals surface area (Å²) in [6.45, 7) is 0. The number of rotatable bonds is 3. The summed E-state index contributed by atoms with van der Waals surface area (Å²) >= 11 is 0. The lowest BCUT2D eigenvalue weighted by atomic mass is 9.78. The highest BCUT2D eigenvalue weighted by atomic mass is 19.4. The normalized spacial score (nSPS) is 21.3. The maximum Gasteiger partial charge on any atom is 0.416 e. The molecule has 1 saturated carbocycles. The maximum atomic E-state index is 12.8. The average Bonchev–Trinajstić information content (AvgIpc) is 2.52. The number of carbonyl (C=O) groups is 2. The number of hydrogen-bond donors (Lipinski definition) is 2. The molecule has 0 bridgehead atoms. The minimum absolute atomic E-state index is 0.0453. The highest BCUT2D eigenvalue weighted by Gasteiger charge is 2.38. The van der Waals surface area contributed by atoms with Crippen LogP contribution in [0.3, 0.4) is 0 Å². The van der Waals surface area contributed by atoms with E-state index in [4.69, 9.17) is 5.11 Å². The van der Waals surface area contributed by atoms with Crippen molar-refractivity contribution >= 4 is 17.6 Å². The quantitative estimate of drug-likeness (QED) is 0.753. The molecule has 2 N–H and O–H groups in total. The van der Waals surface area contributed by atoms with Gasteiger partial charge in [0.25, 0.3) is 0 Å². The van der Waals surface area contributed by atoms with Gasteiger partial charge in [-0.15, -0.1) is 0 Å². The Morgan fingerprint density at radius 2 is 1.35 bits per heavy atom. The van der Waals surface area contributed by atoms with Gasteiger partial charge in [0.2, 0.25) is 5.91 Å². The third-order valence-electron chi connectivity index (χ3n) is 4.28. The SMILES string of the molecule is O=C(O)[C@H]1CCCC[C@H]1C(=O)Nc1cc(C(F)(F)F)cc(C(F)(F)F)c1. The molecule has 144 valence electrons. The Morgan fingerprint density at radius 3 is 1.77 bits per heavy atom. The molecule has 1 aromatic rings. The number of amides is 1. The lowest BCUT2D eigenvalue weighted by molar-refractivity contribution is -0.147. The van der Waals surface area contributed by atoms with Gasteiger partial charge in [0.1, 0.15) is 0 Å². The third kappa shape index (κ3) is 4.67. The first-order valence-corrected chi connectivity index (χ1v) is 7.72. The molecule has 2 rings (SSSR count). The Hall–Kier alpha value is -2.26. The summed E-state index contributed by atoms with van der Waals surface area (Å²) in [6, 6.07) is 0.744. The second-order valence-corrected chi connectivity index (χ2v) is 6.12. The molecule has 0 unspecified atom stereocenters. The van der Waals surface area contributed by atoms with Crippen molar-refractivity contribution in [2.24, 2.45) is 11.8 Å². The number of carbonyl (C=O) groups excluding carboxylic acids is 1. The lowest BCUT2D eigenvalue weighted by Crippen LogP contribution is -2.36. The van der Waals surface area contributed by atoms with Gasteiger partial charge in [0, 0.05) is 5.69 Å². The van der Waals surface area contributed by atoms with Crippen molar-refractivity contribution in [1.29, 1.82) is 0 Å². The van der Waals surface area contributed by atoms with Gasteiger partial charge in [0.15, 0.2) is 0 Å². The van der Waals surface area contributed by atoms with Crippen molar-refractivity contribution in [3.05, 3.63) is 29.3 Å². The standard InChI is InChI=1S/C16H15F6NO3/c17-15(18,19)8-5-9(16(20,21)22)7-10(6-8)23-13(24)11-3-1-2-4-12(11)14(25)26/h5-7,11-12H,1-4H2,(H,23,24)(H,25,26)/t11-,12+/m1/s1. The molecule has 0 radical (unpaired) electrons. The second kappa shape index (κ2) is 7.16. The Kier molecular flexibility index (Phi) is 5.52. The molecule has 10 heteroatoms. The molecule has 1 aliphatic carbocycles. The van der Waals surface area contributed by atoms with Crippen LogP contribution in [-0.2, 0) is 21.9 Å². The van der Waals surface area contributed by atoms with Crippen LogP contribution < -0.4 is 5.32 Å². The second-order valence-electron chi connectivity index (χ2n) is 6.12. The van der Waals surface area contributed by atoms with Crippen molar-refractivity contribution in [2.45, 2.75) is 38.0 Å². The predicted octanol–water partition coefficient (Wildman–Crippen LogP) is 4.55. The molecule has 1 fully saturated rings. The third-order valence-corrected chi connectivity index (χ3v) is 4.28. The minimum atomic E-state index is -5.03. The van der Waals surface area contributed by atoms with E-state index in [9.17, 15) is 35.9 Å². The lowest BCUT2D eigenvalue weighted by Gasteiger charge is -2.27. The van der Waals surface area contributed by atoms with Gasteiger partial charge < -0.3 is 10.4 Å².